The topological polar surface area (TPSA) is 36.1 Å². The highest BCUT2D eigenvalue weighted by Gasteiger charge is 2.01. The van der Waals surface area contributed by atoms with Crippen molar-refractivity contribution in [3.05, 3.63) is 35.4 Å². The van der Waals surface area contributed by atoms with Crippen LogP contribution in [0.25, 0.3) is 0 Å². The number of rotatable bonds is 5. The van der Waals surface area contributed by atoms with E-state index in [-0.39, 0.29) is 5.92 Å². The standard InChI is InChI=1S/C14H18N2/c1-3-13(10-15)8-9-16-11-14-6-4-12(2)5-7-14/h4-7,11,13H,3,8-9H2,1-2H3. The molecule has 0 heterocycles. The Hall–Kier alpha value is -1.62. The third-order valence-corrected chi connectivity index (χ3v) is 2.60. The van der Waals surface area contributed by atoms with Gasteiger partial charge in [-0.05, 0) is 25.3 Å². The summed E-state index contributed by atoms with van der Waals surface area (Å²) in [6.07, 6.45) is 3.65. The first-order valence-electron chi connectivity index (χ1n) is 5.72. The van der Waals surface area contributed by atoms with Crippen molar-refractivity contribution < 1.29 is 0 Å². The Kier molecular flexibility index (Phi) is 5.28. The Morgan fingerprint density at radius 2 is 2.06 bits per heavy atom. The molecule has 0 fully saturated rings. The van der Waals surface area contributed by atoms with Crippen molar-refractivity contribution in [2.24, 2.45) is 10.9 Å². The molecule has 0 N–H and O–H groups in total. The quantitative estimate of drug-likeness (QED) is 0.692. The van der Waals surface area contributed by atoms with Gasteiger partial charge in [0.1, 0.15) is 0 Å². The summed E-state index contributed by atoms with van der Waals surface area (Å²) in [5.74, 6) is 0.148. The van der Waals surface area contributed by atoms with E-state index in [0.717, 1.165) is 24.9 Å². The molecule has 0 aliphatic heterocycles. The number of nitriles is 1. The molecule has 1 atom stereocenters. The fraction of sp³-hybridized carbons (Fsp3) is 0.429. The lowest BCUT2D eigenvalue weighted by Crippen LogP contribution is -1.97. The molecule has 2 heteroatoms. The molecule has 1 aromatic carbocycles. The Bertz CT molecular complexity index is 371. The average molecular weight is 214 g/mol. The minimum Gasteiger partial charge on any atom is -0.293 e. The molecular weight excluding hydrogens is 196 g/mol. The number of aryl methyl sites for hydroxylation is 1. The van der Waals surface area contributed by atoms with Crippen LogP contribution in [0.3, 0.4) is 0 Å². The maximum absolute atomic E-state index is 8.77. The molecular formula is C14H18N2. The summed E-state index contributed by atoms with van der Waals surface area (Å²) in [6.45, 7) is 4.84. The Balaban J connectivity index is 2.38. The van der Waals surface area contributed by atoms with Gasteiger partial charge in [-0.25, -0.2) is 0 Å². The van der Waals surface area contributed by atoms with Crippen molar-refractivity contribution >= 4 is 6.21 Å². The summed E-state index contributed by atoms with van der Waals surface area (Å²) in [5.41, 5.74) is 2.38. The lowest BCUT2D eigenvalue weighted by Gasteiger charge is -2.01. The molecule has 0 saturated carbocycles. The second-order valence-electron chi connectivity index (χ2n) is 3.97. The molecule has 0 bridgehead atoms. The molecule has 16 heavy (non-hydrogen) atoms. The van der Waals surface area contributed by atoms with Crippen molar-refractivity contribution in [1.82, 2.24) is 0 Å². The normalized spacial score (nSPS) is 12.6. The average Bonchev–Trinajstić information content (AvgIpc) is 2.32. The minimum atomic E-state index is 0.148. The second-order valence-corrected chi connectivity index (χ2v) is 3.97. The maximum Gasteiger partial charge on any atom is 0.0656 e. The maximum atomic E-state index is 8.77. The predicted octanol–water partition coefficient (Wildman–Crippen LogP) is 3.35. The first kappa shape index (κ1) is 12.4. The molecule has 0 aliphatic rings. The molecule has 1 aromatic rings. The minimum absolute atomic E-state index is 0.148. The van der Waals surface area contributed by atoms with Gasteiger partial charge in [0, 0.05) is 18.7 Å². The molecule has 1 rings (SSSR count). The Labute approximate surface area is 97.6 Å². The summed E-state index contributed by atoms with van der Waals surface area (Å²) < 4.78 is 0. The SMILES string of the molecule is CCC(C#N)CCN=Cc1ccc(C)cc1. The zero-order chi connectivity index (χ0) is 11.8. The van der Waals surface area contributed by atoms with Crippen molar-refractivity contribution in [3.8, 4) is 6.07 Å². The molecule has 0 radical (unpaired) electrons. The molecule has 2 nitrogen and oxygen atoms in total. The highest BCUT2D eigenvalue weighted by Crippen LogP contribution is 2.06. The molecule has 0 aliphatic carbocycles. The van der Waals surface area contributed by atoms with Crippen LogP contribution in [-0.4, -0.2) is 12.8 Å². The largest absolute Gasteiger partial charge is 0.293 e. The van der Waals surface area contributed by atoms with Gasteiger partial charge >= 0.3 is 0 Å². The molecule has 0 aromatic heterocycles. The van der Waals surface area contributed by atoms with Gasteiger partial charge in [0.15, 0.2) is 0 Å². The van der Waals surface area contributed by atoms with Crippen LogP contribution in [0.15, 0.2) is 29.3 Å². The van der Waals surface area contributed by atoms with Gasteiger partial charge in [0.25, 0.3) is 0 Å². The van der Waals surface area contributed by atoms with E-state index in [9.17, 15) is 0 Å². The lowest BCUT2D eigenvalue weighted by atomic mass is 10.1. The fourth-order valence-electron chi connectivity index (χ4n) is 1.41. The predicted molar refractivity (Wildman–Crippen MR) is 67.7 cm³/mol. The van der Waals surface area contributed by atoms with Crippen LogP contribution in [0.2, 0.25) is 0 Å². The van der Waals surface area contributed by atoms with Gasteiger partial charge in [-0.15, -0.1) is 0 Å². The van der Waals surface area contributed by atoms with Crippen LogP contribution in [-0.2, 0) is 0 Å². The smallest absolute Gasteiger partial charge is 0.0656 e. The number of aliphatic imine (C=N–C) groups is 1. The zero-order valence-electron chi connectivity index (χ0n) is 9.98. The van der Waals surface area contributed by atoms with E-state index in [1.54, 1.807) is 0 Å². The molecule has 0 saturated heterocycles. The molecule has 0 spiro atoms. The Morgan fingerprint density at radius 1 is 1.38 bits per heavy atom. The fourth-order valence-corrected chi connectivity index (χ4v) is 1.41. The van der Waals surface area contributed by atoms with Crippen molar-refractivity contribution in [2.75, 3.05) is 6.54 Å². The monoisotopic (exact) mass is 214 g/mol. The van der Waals surface area contributed by atoms with E-state index in [4.69, 9.17) is 5.26 Å². The highest BCUT2D eigenvalue weighted by atomic mass is 14.7. The van der Waals surface area contributed by atoms with Gasteiger partial charge < -0.3 is 0 Å². The van der Waals surface area contributed by atoms with Gasteiger partial charge in [-0.1, -0.05) is 36.8 Å². The second kappa shape index (κ2) is 6.79. The van der Waals surface area contributed by atoms with E-state index in [1.165, 1.54) is 5.56 Å². The van der Waals surface area contributed by atoms with Gasteiger partial charge in [0.2, 0.25) is 0 Å². The molecule has 1 unspecified atom stereocenters. The number of hydrogen-bond acceptors (Lipinski definition) is 2. The molecule has 0 amide bonds. The summed E-state index contributed by atoms with van der Waals surface area (Å²) >= 11 is 0. The number of hydrogen-bond donors (Lipinski definition) is 0. The van der Waals surface area contributed by atoms with Crippen LogP contribution < -0.4 is 0 Å². The van der Waals surface area contributed by atoms with Gasteiger partial charge in [-0.2, -0.15) is 5.26 Å². The van der Waals surface area contributed by atoms with Crippen LogP contribution in [0, 0.1) is 24.2 Å². The van der Waals surface area contributed by atoms with Crippen LogP contribution in [0.1, 0.15) is 30.9 Å². The van der Waals surface area contributed by atoms with E-state index in [0.29, 0.717) is 0 Å². The van der Waals surface area contributed by atoms with E-state index in [1.807, 2.05) is 13.1 Å². The zero-order valence-corrected chi connectivity index (χ0v) is 9.98. The summed E-state index contributed by atoms with van der Waals surface area (Å²) in [5, 5.41) is 8.77. The van der Waals surface area contributed by atoms with Crippen LogP contribution in [0.5, 0.6) is 0 Å². The van der Waals surface area contributed by atoms with E-state index < -0.39 is 0 Å². The van der Waals surface area contributed by atoms with Crippen molar-refractivity contribution in [2.45, 2.75) is 26.7 Å². The van der Waals surface area contributed by atoms with Gasteiger partial charge in [0.05, 0.1) is 6.07 Å². The Morgan fingerprint density at radius 3 is 2.62 bits per heavy atom. The third-order valence-electron chi connectivity index (χ3n) is 2.60. The first-order valence-corrected chi connectivity index (χ1v) is 5.72. The highest BCUT2D eigenvalue weighted by molar-refractivity contribution is 5.79. The summed E-state index contributed by atoms with van der Waals surface area (Å²) in [6, 6.07) is 10.5. The molecule has 84 valence electrons. The number of benzene rings is 1. The van der Waals surface area contributed by atoms with Crippen LogP contribution in [0.4, 0.5) is 0 Å². The first-order chi connectivity index (χ1) is 7.76. The van der Waals surface area contributed by atoms with Gasteiger partial charge in [-0.3, -0.25) is 4.99 Å². The summed E-state index contributed by atoms with van der Waals surface area (Å²) in [7, 11) is 0. The van der Waals surface area contributed by atoms with Crippen molar-refractivity contribution in [1.29, 1.82) is 5.26 Å². The summed E-state index contributed by atoms with van der Waals surface area (Å²) in [4.78, 5) is 4.33. The lowest BCUT2D eigenvalue weighted by molar-refractivity contribution is 0.594. The van der Waals surface area contributed by atoms with Crippen molar-refractivity contribution in [3.63, 3.8) is 0 Å². The number of nitrogens with zero attached hydrogens (tertiary/aromatic N) is 2. The van der Waals surface area contributed by atoms with E-state index >= 15 is 0 Å². The van der Waals surface area contributed by atoms with E-state index in [2.05, 4.69) is 42.3 Å². The van der Waals surface area contributed by atoms with Crippen LogP contribution >= 0.6 is 0 Å². The third kappa shape index (κ3) is 4.27.